The molecule has 0 spiro atoms. The summed E-state index contributed by atoms with van der Waals surface area (Å²) in [6.45, 7) is 1.91. The molecule has 0 amide bonds. The Morgan fingerprint density at radius 2 is 2.21 bits per heavy atom. The Morgan fingerprint density at radius 3 is 2.95 bits per heavy atom. The third-order valence-corrected chi connectivity index (χ3v) is 4.35. The van der Waals surface area contributed by atoms with Gasteiger partial charge in [-0.25, -0.2) is 0 Å². The maximum absolute atomic E-state index is 10.4. The van der Waals surface area contributed by atoms with E-state index in [1.54, 1.807) is 0 Å². The average Bonchev–Trinajstić information content (AvgIpc) is 2.41. The zero-order valence-electron chi connectivity index (χ0n) is 11.1. The molecule has 2 N–H and O–H groups in total. The Kier molecular flexibility index (Phi) is 5.82. The monoisotopic (exact) mass is 327 g/mol. The Labute approximate surface area is 123 Å². The number of likely N-dealkylation sites (tertiary alicyclic amines) is 1. The standard InChI is InChI=1S/C15H22BrNO2/c16-13-5-3-4-12(10-13)15(19)11-17-8-2-1-6-14(17)7-9-18/h3-5,10,14-15,18-19H,1-2,6-9,11H2. The van der Waals surface area contributed by atoms with Crippen molar-refractivity contribution in [2.75, 3.05) is 19.7 Å². The van der Waals surface area contributed by atoms with Crippen LogP contribution in [0.2, 0.25) is 0 Å². The van der Waals surface area contributed by atoms with Gasteiger partial charge in [-0.3, -0.25) is 4.90 Å². The van der Waals surface area contributed by atoms with Crippen LogP contribution >= 0.6 is 15.9 Å². The summed E-state index contributed by atoms with van der Waals surface area (Å²) in [7, 11) is 0. The van der Waals surface area contributed by atoms with Crippen molar-refractivity contribution in [1.29, 1.82) is 0 Å². The van der Waals surface area contributed by atoms with Crippen LogP contribution in [0.4, 0.5) is 0 Å². The number of benzene rings is 1. The fourth-order valence-electron chi connectivity index (χ4n) is 2.82. The summed E-state index contributed by atoms with van der Waals surface area (Å²) in [5.74, 6) is 0. The number of piperidine rings is 1. The van der Waals surface area contributed by atoms with E-state index >= 15 is 0 Å². The topological polar surface area (TPSA) is 43.7 Å². The number of hydrogen-bond acceptors (Lipinski definition) is 3. The zero-order chi connectivity index (χ0) is 13.7. The van der Waals surface area contributed by atoms with Crippen molar-refractivity contribution in [1.82, 2.24) is 4.90 Å². The van der Waals surface area contributed by atoms with Crippen LogP contribution in [0.25, 0.3) is 0 Å². The largest absolute Gasteiger partial charge is 0.396 e. The summed E-state index contributed by atoms with van der Waals surface area (Å²) in [6.07, 6.45) is 3.90. The lowest BCUT2D eigenvalue weighted by molar-refractivity contribution is 0.0565. The van der Waals surface area contributed by atoms with E-state index in [1.807, 2.05) is 24.3 Å². The molecule has 1 aliphatic heterocycles. The lowest BCUT2D eigenvalue weighted by atomic mass is 9.98. The molecule has 0 saturated carbocycles. The van der Waals surface area contributed by atoms with Crippen LogP contribution in [-0.4, -0.2) is 40.9 Å². The van der Waals surface area contributed by atoms with E-state index in [0.717, 1.165) is 29.4 Å². The van der Waals surface area contributed by atoms with Gasteiger partial charge in [0.15, 0.2) is 0 Å². The number of rotatable bonds is 5. The molecular formula is C15H22BrNO2. The molecule has 106 valence electrons. The molecule has 1 aliphatic rings. The van der Waals surface area contributed by atoms with Crippen molar-refractivity contribution in [2.24, 2.45) is 0 Å². The van der Waals surface area contributed by atoms with Gasteiger partial charge in [0.2, 0.25) is 0 Å². The first kappa shape index (κ1) is 15.0. The number of β-amino-alcohol motifs (C(OH)–C–C–N with tert-alkyl or cyclic N) is 1. The quantitative estimate of drug-likeness (QED) is 0.873. The molecular weight excluding hydrogens is 306 g/mol. The Hall–Kier alpha value is -0.420. The van der Waals surface area contributed by atoms with Gasteiger partial charge in [0, 0.05) is 23.7 Å². The molecule has 2 atom stereocenters. The number of halogens is 1. The third kappa shape index (κ3) is 4.28. The van der Waals surface area contributed by atoms with E-state index in [0.29, 0.717) is 12.6 Å². The zero-order valence-corrected chi connectivity index (χ0v) is 12.7. The molecule has 3 nitrogen and oxygen atoms in total. The lowest BCUT2D eigenvalue weighted by Crippen LogP contribution is -2.42. The van der Waals surface area contributed by atoms with Gasteiger partial charge >= 0.3 is 0 Å². The molecule has 1 saturated heterocycles. The van der Waals surface area contributed by atoms with Gasteiger partial charge in [0.05, 0.1) is 6.10 Å². The number of nitrogens with zero attached hydrogens (tertiary/aromatic N) is 1. The van der Waals surface area contributed by atoms with E-state index in [4.69, 9.17) is 5.11 Å². The minimum atomic E-state index is -0.461. The second-order valence-electron chi connectivity index (χ2n) is 5.23. The van der Waals surface area contributed by atoms with Crippen molar-refractivity contribution in [2.45, 2.75) is 37.8 Å². The summed E-state index contributed by atoms with van der Waals surface area (Å²) in [4.78, 5) is 2.32. The van der Waals surface area contributed by atoms with E-state index in [2.05, 4.69) is 20.8 Å². The fourth-order valence-corrected chi connectivity index (χ4v) is 3.23. The van der Waals surface area contributed by atoms with Crippen molar-refractivity contribution in [3.8, 4) is 0 Å². The molecule has 4 heteroatoms. The SMILES string of the molecule is OCCC1CCCCN1CC(O)c1cccc(Br)c1. The summed E-state index contributed by atoms with van der Waals surface area (Å²) in [6, 6.07) is 8.26. The highest BCUT2D eigenvalue weighted by Crippen LogP contribution is 2.24. The van der Waals surface area contributed by atoms with Crippen LogP contribution < -0.4 is 0 Å². The van der Waals surface area contributed by atoms with Crippen LogP contribution in [0.1, 0.15) is 37.4 Å². The first-order valence-electron chi connectivity index (χ1n) is 6.99. The molecule has 2 rings (SSSR count). The minimum Gasteiger partial charge on any atom is -0.396 e. The molecule has 0 aliphatic carbocycles. The maximum atomic E-state index is 10.4. The second-order valence-corrected chi connectivity index (χ2v) is 6.14. The van der Waals surface area contributed by atoms with Crippen molar-refractivity contribution in [3.05, 3.63) is 34.3 Å². The molecule has 1 aromatic carbocycles. The average molecular weight is 328 g/mol. The van der Waals surface area contributed by atoms with Gasteiger partial charge < -0.3 is 10.2 Å². The van der Waals surface area contributed by atoms with Crippen molar-refractivity contribution >= 4 is 15.9 Å². The normalized spacial score (nSPS) is 22.4. The molecule has 1 heterocycles. The van der Waals surface area contributed by atoms with Gasteiger partial charge in [-0.05, 0) is 43.5 Å². The Bertz CT molecular complexity index is 397. The molecule has 0 bridgehead atoms. The predicted molar refractivity (Wildman–Crippen MR) is 80.0 cm³/mol. The Morgan fingerprint density at radius 1 is 1.37 bits per heavy atom. The summed E-state index contributed by atoms with van der Waals surface area (Å²) < 4.78 is 0.995. The minimum absolute atomic E-state index is 0.230. The molecule has 1 aromatic rings. The van der Waals surface area contributed by atoms with E-state index < -0.39 is 6.10 Å². The second kappa shape index (κ2) is 7.39. The van der Waals surface area contributed by atoms with Crippen LogP contribution in [0.15, 0.2) is 28.7 Å². The molecule has 0 aromatic heterocycles. The van der Waals surface area contributed by atoms with Gasteiger partial charge in [-0.1, -0.05) is 34.5 Å². The Balaban J connectivity index is 1.98. The first-order chi connectivity index (χ1) is 9.20. The van der Waals surface area contributed by atoms with Crippen molar-refractivity contribution in [3.63, 3.8) is 0 Å². The van der Waals surface area contributed by atoms with E-state index in [1.165, 1.54) is 12.8 Å². The number of hydrogen-bond donors (Lipinski definition) is 2. The van der Waals surface area contributed by atoms with Gasteiger partial charge in [0.25, 0.3) is 0 Å². The highest BCUT2D eigenvalue weighted by Gasteiger charge is 2.24. The lowest BCUT2D eigenvalue weighted by Gasteiger charge is -2.36. The first-order valence-corrected chi connectivity index (χ1v) is 7.78. The molecule has 2 unspecified atom stereocenters. The van der Waals surface area contributed by atoms with E-state index in [9.17, 15) is 5.11 Å². The van der Waals surface area contributed by atoms with Crippen LogP contribution in [0.5, 0.6) is 0 Å². The van der Waals surface area contributed by atoms with Gasteiger partial charge in [-0.15, -0.1) is 0 Å². The number of aliphatic hydroxyl groups excluding tert-OH is 2. The predicted octanol–water partition coefficient (Wildman–Crippen LogP) is 2.72. The van der Waals surface area contributed by atoms with Gasteiger partial charge in [-0.2, -0.15) is 0 Å². The summed E-state index contributed by atoms with van der Waals surface area (Å²) in [5, 5.41) is 19.5. The molecule has 19 heavy (non-hydrogen) atoms. The van der Waals surface area contributed by atoms with Crippen LogP contribution in [-0.2, 0) is 0 Å². The van der Waals surface area contributed by atoms with Crippen LogP contribution in [0.3, 0.4) is 0 Å². The third-order valence-electron chi connectivity index (χ3n) is 3.85. The molecule has 0 radical (unpaired) electrons. The van der Waals surface area contributed by atoms with Gasteiger partial charge in [0.1, 0.15) is 0 Å². The summed E-state index contributed by atoms with van der Waals surface area (Å²) >= 11 is 3.43. The van der Waals surface area contributed by atoms with Crippen LogP contribution in [0, 0.1) is 0 Å². The maximum Gasteiger partial charge on any atom is 0.0917 e. The van der Waals surface area contributed by atoms with E-state index in [-0.39, 0.29) is 6.61 Å². The van der Waals surface area contributed by atoms with Crippen molar-refractivity contribution < 1.29 is 10.2 Å². The molecule has 1 fully saturated rings. The summed E-state index contributed by atoms with van der Waals surface area (Å²) in [5.41, 5.74) is 0.947. The highest BCUT2D eigenvalue weighted by atomic mass is 79.9. The number of aliphatic hydroxyl groups is 2. The fraction of sp³-hybridized carbons (Fsp3) is 0.600. The smallest absolute Gasteiger partial charge is 0.0917 e. The highest BCUT2D eigenvalue weighted by molar-refractivity contribution is 9.10.